The van der Waals surface area contributed by atoms with Crippen LogP contribution in [0.3, 0.4) is 0 Å². The van der Waals surface area contributed by atoms with E-state index in [1.807, 2.05) is 31.2 Å². The third-order valence-electron chi connectivity index (χ3n) is 2.79. The molecule has 0 amide bonds. The van der Waals surface area contributed by atoms with E-state index in [4.69, 9.17) is 9.47 Å². The average Bonchev–Trinajstić information content (AvgIpc) is 2.42. The molecule has 1 rings (SSSR count). The molecule has 0 radical (unpaired) electrons. The lowest BCUT2D eigenvalue weighted by molar-refractivity contribution is -0.143. The molecule has 0 spiro atoms. The van der Waals surface area contributed by atoms with Crippen LogP contribution in [0.1, 0.15) is 25.3 Å². The second kappa shape index (κ2) is 8.53. The minimum absolute atomic E-state index is 0.235. The first-order chi connectivity index (χ1) is 9.17. The number of ether oxygens (including phenoxy) is 2. The zero-order chi connectivity index (χ0) is 14.1. The van der Waals surface area contributed by atoms with Crippen molar-refractivity contribution in [3.63, 3.8) is 0 Å². The third kappa shape index (κ3) is 5.75. The molecule has 0 bridgehead atoms. The Morgan fingerprint density at radius 2 is 2.21 bits per heavy atom. The molecule has 4 nitrogen and oxygen atoms in total. The number of aryl methyl sites for hydroxylation is 1. The Bertz CT molecular complexity index is 393. The summed E-state index contributed by atoms with van der Waals surface area (Å²) in [7, 11) is 1.41. The summed E-state index contributed by atoms with van der Waals surface area (Å²) in [4.78, 5) is 11.6. The van der Waals surface area contributed by atoms with Gasteiger partial charge in [-0.25, -0.2) is 0 Å². The van der Waals surface area contributed by atoms with Crippen molar-refractivity contribution in [3.8, 4) is 5.75 Å². The summed E-state index contributed by atoms with van der Waals surface area (Å²) in [6, 6.07) is 7.58. The number of carbonyl (C=O) groups excluding carboxylic acids is 1. The van der Waals surface area contributed by atoms with Crippen LogP contribution in [0.15, 0.2) is 24.3 Å². The van der Waals surface area contributed by atoms with Crippen molar-refractivity contribution in [1.82, 2.24) is 5.32 Å². The summed E-state index contributed by atoms with van der Waals surface area (Å²) in [5.74, 6) is 0.598. The zero-order valence-electron chi connectivity index (χ0n) is 11.9. The van der Waals surface area contributed by atoms with Gasteiger partial charge in [-0.2, -0.15) is 0 Å². The second-order valence-electron chi connectivity index (χ2n) is 4.48. The monoisotopic (exact) mass is 265 g/mol. The number of methoxy groups -OCH3 is 1. The van der Waals surface area contributed by atoms with Crippen molar-refractivity contribution in [3.05, 3.63) is 29.8 Å². The Balaban J connectivity index is 2.41. The maximum Gasteiger partial charge on any atom is 0.322 e. The summed E-state index contributed by atoms with van der Waals surface area (Å²) in [5, 5.41) is 3.16. The minimum atomic E-state index is -0.297. The van der Waals surface area contributed by atoms with Crippen molar-refractivity contribution in [2.75, 3.05) is 20.3 Å². The van der Waals surface area contributed by atoms with Gasteiger partial charge in [-0.05, 0) is 37.6 Å². The number of nitrogens with one attached hydrogen (secondary N) is 1. The van der Waals surface area contributed by atoms with E-state index >= 15 is 0 Å². The Kier molecular flexibility index (Phi) is 6.97. The van der Waals surface area contributed by atoms with E-state index in [2.05, 4.69) is 12.2 Å². The molecule has 1 N–H and O–H groups in total. The van der Waals surface area contributed by atoms with E-state index in [1.165, 1.54) is 7.11 Å². The van der Waals surface area contributed by atoms with Crippen LogP contribution in [0, 0.1) is 6.92 Å². The maximum atomic E-state index is 11.6. The molecule has 4 heteroatoms. The fourth-order valence-electron chi connectivity index (χ4n) is 1.76. The van der Waals surface area contributed by atoms with Crippen LogP contribution in [0.4, 0.5) is 0 Å². The van der Waals surface area contributed by atoms with Crippen LogP contribution in [0.2, 0.25) is 0 Å². The average molecular weight is 265 g/mol. The van der Waals surface area contributed by atoms with Gasteiger partial charge in [-0.1, -0.05) is 19.1 Å². The quantitative estimate of drug-likeness (QED) is 0.733. The third-order valence-corrected chi connectivity index (χ3v) is 2.79. The molecule has 0 saturated heterocycles. The Hall–Kier alpha value is -1.55. The SMILES string of the molecule is CCCNC(CCOc1cccc(C)c1)C(=O)OC. The van der Waals surface area contributed by atoms with Crippen LogP contribution < -0.4 is 10.1 Å². The van der Waals surface area contributed by atoms with Gasteiger partial charge in [-0.3, -0.25) is 4.79 Å². The van der Waals surface area contributed by atoms with Gasteiger partial charge in [0.05, 0.1) is 13.7 Å². The molecule has 19 heavy (non-hydrogen) atoms. The Labute approximate surface area is 115 Å². The Morgan fingerprint density at radius 1 is 1.42 bits per heavy atom. The number of rotatable bonds is 8. The molecule has 1 aromatic carbocycles. The summed E-state index contributed by atoms with van der Waals surface area (Å²) < 4.78 is 10.4. The van der Waals surface area contributed by atoms with Crippen molar-refractivity contribution >= 4 is 5.97 Å². The number of hydrogen-bond acceptors (Lipinski definition) is 4. The van der Waals surface area contributed by atoms with Crippen LogP contribution in [-0.2, 0) is 9.53 Å². The van der Waals surface area contributed by atoms with E-state index in [9.17, 15) is 4.79 Å². The van der Waals surface area contributed by atoms with Crippen molar-refractivity contribution in [2.45, 2.75) is 32.7 Å². The number of benzene rings is 1. The summed E-state index contributed by atoms with van der Waals surface area (Å²) in [5.41, 5.74) is 1.16. The van der Waals surface area contributed by atoms with E-state index in [0.29, 0.717) is 13.0 Å². The van der Waals surface area contributed by atoms with Crippen LogP contribution in [-0.4, -0.2) is 32.3 Å². The normalized spacial score (nSPS) is 11.9. The summed E-state index contributed by atoms with van der Waals surface area (Å²) in [6.07, 6.45) is 1.58. The molecule has 0 saturated carbocycles. The summed E-state index contributed by atoms with van der Waals surface area (Å²) >= 11 is 0. The first-order valence-corrected chi connectivity index (χ1v) is 6.68. The van der Waals surface area contributed by atoms with Gasteiger partial charge >= 0.3 is 5.97 Å². The predicted molar refractivity (Wildman–Crippen MR) is 75.4 cm³/mol. The fraction of sp³-hybridized carbons (Fsp3) is 0.533. The van der Waals surface area contributed by atoms with Crippen LogP contribution in [0.5, 0.6) is 5.75 Å². The zero-order valence-corrected chi connectivity index (χ0v) is 11.9. The largest absolute Gasteiger partial charge is 0.494 e. The number of hydrogen-bond donors (Lipinski definition) is 1. The van der Waals surface area contributed by atoms with Crippen molar-refractivity contribution in [2.24, 2.45) is 0 Å². The van der Waals surface area contributed by atoms with E-state index in [0.717, 1.165) is 24.3 Å². The molecule has 0 aromatic heterocycles. The van der Waals surface area contributed by atoms with Gasteiger partial charge in [0.25, 0.3) is 0 Å². The fourth-order valence-corrected chi connectivity index (χ4v) is 1.76. The minimum Gasteiger partial charge on any atom is -0.494 e. The molecule has 0 aliphatic rings. The molecular formula is C15H23NO3. The van der Waals surface area contributed by atoms with Gasteiger partial charge in [0, 0.05) is 6.42 Å². The van der Waals surface area contributed by atoms with Gasteiger partial charge in [0.2, 0.25) is 0 Å². The predicted octanol–water partition coefficient (Wildman–Crippen LogP) is 2.31. The lowest BCUT2D eigenvalue weighted by Gasteiger charge is -2.16. The van der Waals surface area contributed by atoms with Crippen molar-refractivity contribution < 1.29 is 14.3 Å². The van der Waals surface area contributed by atoms with Crippen LogP contribution in [0.25, 0.3) is 0 Å². The lowest BCUT2D eigenvalue weighted by atomic mass is 10.2. The molecule has 1 unspecified atom stereocenters. The highest BCUT2D eigenvalue weighted by atomic mass is 16.5. The molecule has 0 heterocycles. The molecule has 1 atom stereocenters. The molecule has 1 aromatic rings. The van der Waals surface area contributed by atoms with Crippen LogP contribution >= 0.6 is 0 Å². The van der Waals surface area contributed by atoms with E-state index in [-0.39, 0.29) is 12.0 Å². The lowest BCUT2D eigenvalue weighted by Crippen LogP contribution is -2.39. The van der Waals surface area contributed by atoms with Gasteiger partial charge in [0.1, 0.15) is 11.8 Å². The van der Waals surface area contributed by atoms with Gasteiger partial charge < -0.3 is 14.8 Å². The number of esters is 1. The highest BCUT2D eigenvalue weighted by molar-refractivity contribution is 5.75. The molecular weight excluding hydrogens is 242 g/mol. The smallest absolute Gasteiger partial charge is 0.322 e. The molecule has 0 aliphatic carbocycles. The first kappa shape index (κ1) is 15.5. The first-order valence-electron chi connectivity index (χ1n) is 6.68. The maximum absolute atomic E-state index is 11.6. The second-order valence-corrected chi connectivity index (χ2v) is 4.48. The highest BCUT2D eigenvalue weighted by Crippen LogP contribution is 2.12. The van der Waals surface area contributed by atoms with Crippen molar-refractivity contribution in [1.29, 1.82) is 0 Å². The summed E-state index contributed by atoms with van der Waals surface area (Å²) in [6.45, 7) is 5.36. The highest BCUT2D eigenvalue weighted by Gasteiger charge is 2.17. The van der Waals surface area contributed by atoms with Gasteiger partial charge in [-0.15, -0.1) is 0 Å². The van der Waals surface area contributed by atoms with E-state index < -0.39 is 0 Å². The molecule has 0 aliphatic heterocycles. The van der Waals surface area contributed by atoms with Gasteiger partial charge in [0.15, 0.2) is 0 Å². The standard InChI is InChI=1S/C15H23NO3/c1-4-9-16-14(15(17)18-3)8-10-19-13-7-5-6-12(2)11-13/h5-7,11,14,16H,4,8-10H2,1-3H3. The topological polar surface area (TPSA) is 47.6 Å². The molecule has 106 valence electrons. The number of carbonyl (C=O) groups is 1. The Morgan fingerprint density at radius 3 is 2.84 bits per heavy atom. The van der Waals surface area contributed by atoms with E-state index in [1.54, 1.807) is 0 Å². The molecule has 0 fully saturated rings.